The number of rotatable bonds is 0. The predicted molar refractivity (Wildman–Crippen MR) is 118 cm³/mol. The van der Waals surface area contributed by atoms with Gasteiger partial charge in [-0.05, 0) is 24.3 Å². The first-order chi connectivity index (χ1) is 15.3. The maximum atomic E-state index is 14.7. The van der Waals surface area contributed by atoms with Crippen molar-refractivity contribution in [3.05, 3.63) is 70.8 Å². The molecule has 0 fully saturated rings. The summed E-state index contributed by atoms with van der Waals surface area (Å²) in [7, 11) is -0.862. The van der Waals surface area contributed by atoms with Crippen molar-refractivity contribution in [2.24, 2.45) is 0 Å². The van der Waals surface area contributed by atoms with Crippen molar-refractivity contribution in [2.45, 2.75) is 4.90 Å². The van der Waals surface area contributed by atoms with Crippen molar-refractivity contribution in [3.8, 4) is 22.6 Å². The van der Waals surface area contributed by atoms with E-state index in [2.05, 4.69) is 5.32 Å². The molecule has 166 valence electrons. The van der Waals surface area contributed by atoms with Gasteiger partial charge in [0.25, 0.3) is 5.91 Å². The van der Waals surface area contributed by atoms with Crippen LogP contribution < -0.4 is 14.4 Å². The SMILES string of the molecule is CN1c2cc(c(F)cc2F)-c2ccccc2OCCNC(=O)c2cc(Cl)c(O)c(c2)S1=O. The van der Waals surface area contributed by atoms with Crippen LogP contribution in [0.1, 0.15) is 10.4 Å². The summed E-state index contributed by atoms with van der Waals surface area (Å²) in [5.41, 5.74) is 0.267. The molecule has 1 heterocycles. The molecule has 3 aromatic rings. The molecule has 32 heavy (non-hydrogen) atoms. The Balaban J connectivity index is 1.93. The molecule has 0 saturated heterocycles. The van der Waals surface area contributed by atoms with E-state index in [0.29, 0.717) is 17.4 Å². The minimum absolute atomic E-state index is 0.0377. The molecular weight excluding hydrogens is 462 g/mol. The summed E-state index contributed by atoms with van der Waals surface area (Å²) in [6.45, 7) is 0.185. The number of anilines is 1. The van der Waals surface area contributed by atoms with E-state index in [4.69, 9.17) is 16.3 Å². The fourth-order valence-electron chi connectivity index (χ4n) is 3.30. The third-order valence-corrected chi connectivity index (χ3v) is 6.60. The molecule has 4 bridgehead atoms. The quantitative estimate of drug-likeness (QED) is 0.505. The fourth-order valence-corrected chi connectivity index (χ4v) is 4.69. The number of halogens is 3. The lowest BCUT2D eigenvalue weighted by atomic mass is 10.0. The summed E-state index contributed by atoms with van der Waals surface area (Å²) < 4.78 is 49.4. The molecule has 1 unspecified atom stereocenters. The summed E-state index contributed by atoms with van der Waals surface area (Å²) in [6, 6.07) is 11.0. The van der Waals surface area contributed by atoms with Gasteiger partial charge in [0.2, 0.25) is 0 Å². The van der Waals surface area contributed by atoms with Crippen LogP contribution in [0.3, 0.4) is 0 Å². The second-order valence-electron chi connectivity index (χ2n) is 6.94. The largest absolute Gasteiger partial charge is 0.505 e. The number of carbonyl (C=O) groups excluding carboxylic acids is 1. The van der Waals surface area contributed by atoms with Gasteiger partial charge in [0, 0.05) is 29.8 Å². The van der Waals surface area contributed by atoms with Crippen LogP contribution in [0.2, 0.25) is 5.02 Å². The van der Waals surface area contributed by atoms with Crippen LogP contribution >= 0.6 is 11.6 Å². The minimum Gasteiger partial charge on any atom is -0.505 e. The van der Waals surface area contributed by atoms with E-state index in [1.165, 1.54) is 25.2 Å². The zero-order valence-electron chi connectivity index (χ0n) is 16.7. The number of para-hydroxylation sites is 1. The number of nitrogens with one attached hydrogen (secondary N) is 1. The van der Waals surface area contributed by atoms with Gasteiger partial charge in [-0.15, -0.1) is 0 Å². The number of fused-ring (bicyclic) bond motifs is 6. The molecule has 1 aliphatic rings. The summed E-state index contributed by atoms with van der Waals surface area (Å²) in [5.74, 6) is -2.49. The monoisotopic (exact) mass is 478 g/mol. The lowest BCUT2D eigenvalue weighted by Crippen LogP contribution is -2.28. The van der Waals surface area contributed by atoms with Crippen LogP contribution in [0.15, 0.2) is 53.4 Å². The molecule has 3 aromatic carbocycles. The number of nitrogens with zero attached hydrogens (tertiary/aromatic N) is 1. The molecule has 10 heteroatoms. The van der Waals surface area contributed by atoms with E-state index in [0.717, 1.165) is 4.31 Å². The standard InChI is InChI=1S/C22H17ClF2N2O4S/c1-27-18-10-14(16(24)11-17(18)25)13-4-2-3-5-19(13)31-7-6-26-22(29)12-8-15(23)21(28)20(9-12)32(27)30/h2-5,8-11,28H,6-7H2,1H3,(H,26,29). The Morgan fingerprint density at radius 3 is 2.66 bits per heavy atom. The van der Waals surface area contributed by atoms with Crippen LogP contribution in [-0.2, 0) is 11.0 Å². The Hall–Kier alpha value is -3.17. The van der Waals surface area contributed by atoms with Crippen molar-refractivity contribution < 1.29 is 27.6 Å². The van der Waals surface area contributed by atoms with Gasteiger partial charge >= 0.3 is 0 Å². The highest BCUT2D eigenvalue weighted by atomic mass is 35.5. The molecule has 4 rings (SSSR count). The molecule has 0 radical (unpaired) electrons. The summed E-state index contributed by atoms with van der Waals surface area (Å²) in [4.78, 5) is 12.3. The van der Waals surface area contributed by atoms with Crippen LogP contribution in [-0.4, -0.2) is 35.4 Å². The Morgan fingerprint density at radius 2 is 1.88 bits per heavy atom. The average Bonchev–Trinajstić information content (AvgIpc) is 2.77. The van der Waals surface area contributed by atoms with E-state index in [1.54, 1.807) is 24.3 Å². The van der Waals surface area contributed by atoms with Crippen LogP contribution in [0.5, 0.6) is 11.5 Å². The number of phenolic OH excluding ortho intramolecular Hbond substituents is 1. The Labute approximate surface area is 190 Å². The number of hydrogen-bond acceptors (Lipinski definition) is 4. The second kappa shape index (κ2) is 8.76. The fraction of sp³-hybridized carbons (Fsp3) is 0.136. The van der Waals surface area contributed by atoms with E-state index in [-0.39, 0.29) is 39.9 Å². The molecule has 0 spiro atoms. The molecule has 0 aromatic heterocycles. The normalized spacial score (nSPS) is 16.3. The van der Waals surface area contributed by atoms with Gasteiger partial charge in [-0.1, -0.05) is 29.8 Å². The Bertz CT molecular complexity index is 1250. The van der Waals surface area contributed by atoms with E-state index >= 15 is 0 Å². The highest BCUT2D eigenvalue weighted by molar-refractivity contribution is 7.86. The van der Waals surface area contributed by atoms with Gasteiger partial charge in [0.15, 0.2) is 16.7 Å². The number of ether oxygens (including phenoxy) is 1. The van der Waals surface area contributed by atoms with Crippen LogP contribution in [0.25, 0.3) is 11.1 Å². The number of hydrogen-bond donors (Lipinski definition) is 2. The van der Waals surface area contributed by atoms with Gasteiger partial charge in [0.05, 0.1) is 17.3 Å². The summed E-state index contributed by atoms with van der Waals surface area (Å²) in [5, 5.41) is 12.8. The minimum atomic E-state index is -2.18. The molecule has 6 nitrogen and oxygen atoms in total. The van der Waals surface area contributed by atoms with Crippen molar-refractivity contribution >= 4 is 34.2 Å². The predicted octanol–water partition coefficient (Wildman–Crippen LogP) is 4.27. The van der Waals surface area contributed by atoms with Crippen molar-refractivity contribution in [2.75, 3.05) is 24.5 Å². The third kappa shape index (κ3) is 4.01. The molecule has 0 saturated carbocycles. The molecule has 1 amide bonds. The number of phenols is 1. The van der Waals surface area contributed by atoms with Crippen LogP contribution in [0.4, 0.5) is 14.5 Å². The smallest absolute Gasteiger partial charge is 0.251 e. The average molecular weight is 479 g/mol. The van der Waals surface area contributed by atoms with E-state index in [9.17, 15) is 22.9 Å². The molecule has 2 N–H and O–H groups in total. The lowest BCUT2D eigenvalue weighted by Gasteiger charge is -2.21. The Kier molecular flexibility index (Phi) is 6.03. The van der Waals surface area contributed by atoms with Crippen molar-refractivity contribution in [1.29, 1.82) is 0 Å². The number of aromatic hydroxyl groups is 1. The molecule has 1 atom stereocenters. The van der Waals surface area contributed by atoms with Crippen LogP contribution in [0, 0.1) is 11.6 Å². The Morgan fingerprint density at radius 1 is 1.12 bits per heavy atom. The maximum Gasteiger partial charge on any atom is 0.251 e. The summed E-state index contributed by atoms with van der Waals surface area (Å²) >= 11 is 6.04. The zero-order valence-corrected chi connectivity index (χ0v) is 18.3. The lowest BCUT2D eigenvalue weighted by molar-refractivity contribution is 0.0947. The molecule has 1 aliphatic heterocycles. The molecule has 0 aliphatic carbocycles. The first-order valence-corrected chi connectivity index (χ1v) is 10.9. The van der Waals surface area contributed by atoms with Gasteiger partial charge in [0.1, 0.15) is 28.9 Å². The van der Waals surface area contributed by atoms with E-state index < -0.39 is 34.3 Å². The van der Waals surface area contributed by atoms with E-state index in [1.807, 2.05) is 0 Å². The van der Waals surface area contributed by atoms with Gasteiger partial charge < -0.3 is 15.2 Å². The first kappa shape index (κ1) is 22.0. The van der Waals surface area contributed by atoms with Gasteiger partial charge in [-0.25, -0.2) is 13.0 Å². The highest BCUT2D eigenvalue weighted by Crippen LogP contribution is 2.38. The number of benzene rings is 3. The second-order valence-corrected chi connectivity index (χ2v) is 8.83. The van der Waals surface area contributed by atoms with Gasteiger partial charge in [-0.3, -0.25) is 9.10 Å². The maximum absolute atomic E-state index is 14.7. The van der Waals surface area contributed by atoms with Crippen molar-refractivity contribution in [1.82, 2.24) is 5.32 Å². The highest BCUT2D eigenvalue weighted by Gasteiger charge is 2.25. The number of carbonyl (C=O) groups is 1. The van der Waals surface area contributed by atoms with Gasteiger partial charge in [-0.2, -0.15) is 0 Å². The first-order valence-electron chi connectivity index (χ1n) is 9.45. The topological polar surface area (TPSA) is 78.9 Å². The summed E-state index contributed by atoms with van der Waals surface area (Å²) in [6.07, 6.45) is 0. The number of amides is 1. The van der Waals surface area contributed by atoms with Crippen molar-refractivity contribution in [3.63, 3.8) is 0 Å². The third-order valence-electron chi connectivity index (χ3n) is 4.93. The molecular formula is C22H17ClF2N2O4S. The zero-order chi connectivity index (χ0) is 23.0.